The Morgan fingerprint density at radius 1 is 1.08 bits per heavy atom. The summed E-state index contributed by atoms with van der Waals surface area (Å²) < 4.78 is 0. The standard InChI is InChI=1S/C19H25N5O/c1-22(2)19-20-8-7-17(21-19)24-11-9-23(10-12-24)16-13-14-5-3-4-6-15(14)18(16)25/h3-8,16,18,25H,9-13H2,1-2H3/t16-,18+/m1/s1. The molecule has 1 saturated heterocycles. The van der Waals surface area contributed by atoms with Crippen LogP contribution in [0.1, 0.15) is 17.2 Å². The van der Waals surface area contributed by atoms with Gasteiger partial charge in [0.05, 0.1) is 6.10 Å². The summed E-state index contributed by atoms with van der Waals surface area (Å²) in [7, 11) is 3.91. The number of hydrogen-bond acceptors (Lipinski definition) is 6. The summed E-state index contributed by atoms with van der Waals surface area (Å²) in [5, 5.41) is 10.7. The zero-order valence-electron chi connectivity index (χ0n) is 14.8. The normalized spacial score (nSPS) is 23.6. The van der Waals surface area contributed by atoms with E-state index in [4.69, 9.17) is 0 Å². The van der Waals surface area contributed by atoms with E-state index >= 15 is 0 Å². The molecule has 1 aromatic heterocycles. The van der Waals surface area contributed by atoms with Gasteiger partial charge in [0.1, 0.15) is 5.82 Å². The van der Waals surface area contributed by atoms with Crippen LogP contribution in [0.15, 0.2) is 36.5 Å². The first-order chi connectivity index (χ1) is 12.1. The number of hydrogen-bond donors (Lipinski definition) is 1. The van der Waals surface area contributed by atoms with Gasteiger partial charge in [-0.3, -0.25) is 4.90 Å². The predicted octanol–water partition coefficient (Wildman–Crippen LogP) is 1.32. The maximum atomic E-state index is 10.7. The molecule has 1 fully saturated rings. The van der Waals surface area contributed by atoms with Gasteiger partial charge in [-0.05, 0) is 23.6 Å². The molecule has 6 nitrogen and oxygen atoms in total. The summed E-state index contributed by atoms with van der Waals surface area (Å²) in [5.41, 5.74) is 2.38. The first-order valence-corrected chi connectivity index (χ1v) is 8.89. The highest BCUT2D eigenvalue weighted by Crippen LogP contribution is 2.34. The third-order valence-electron chi connectivity index (χ3n) is 5.30. The van der Waals surface area contributed by atoms with Crippen LogP contribution in [-0.2, 0) is 6.42 Å². The van der Waals surface area contributed by atoms with Crippen molar-refractivity contribution in [3.05, 3.63) is 47.7 Å². The molecule has 25 heavy (non-hydrogen) atoms. The summed E-state index contributed by atoms with van der Waals surface area (Å²) in [4.78, 5) is 15.6. The molecule has 1 aromatic carbocycles. The fraction of sp³-hybridized carbons (Fsp3) is 0.474. The lowest BCUT2D eigenvalue weighted by Gasteiger charge is -2.39. The quantitative estimate of drug-likeness (QED) is 0.910. The van der Waals surface area contributed by atoms with Gasteiger partial charge in [0.15, 0.2) is 0 Å². The van der Waals surface area contributed by atoms with Crippen LogP contribution in [0.2, 0.25) is 0 Å². The molecule has 2 atom stereocenters. The Morgan fingerprint density at radius 2 is 1.84 bits per heavy atom. The van der Waals surface area contributed by atoms with Gasteiger partial charge in [0.25, 0.3) is 0 Å². The van der Waals surface area contributed by atoms with Crippen LogP contribution in [0.5, 0.6) is 0 Å². The molecule has 0 bridgehead atoms. The number of benzene rings is 1. The van der Waals surface area contributed by atoms with E-state index in [0.717, 1.165) is 49.9 Å². The monoisotopic (exact) mass is 339 g/mol. The highest BCUT2D eigenvalue weighted by Gasteiger charge is 2.36. The molecular weight excluding hydrogens is 314 g/mol. The highest BCUT2D eigenvalue weighted by atomic mass is 16.3. The maximum absolute atomic E-state index is 10.7. The average Bonchev–Trinajstić information content (AvgIpc) is 2.99. The third kappa shape index (κ3) is 3.07. The number of nitrogens with zero attached hydrogens (tertiary/aromatic N) is 5. The van der Waals surface area contributed by atoms with Gasteiger partial charge in [-0.2, -0.15) is 4.98 Å². The van der Waals surface area contributed by atoms with Crippen LogP contribution in [0.3, 0.4) is 0 Å². The second-order valence-corrected chi connectivity index (χ2v) is 7.05. The van der Waals surface area contributed by atoms with Gasteiger partial charge in [0, 0.05) is 52.5 Å². The average molecular weight is 339 g/mol. The Kier molecular flexibility index (Phi) is 4.31. The van der Waals surface area contributed by atoms with Crippen LogP contribution in [0, 0.1) is 0 Å². The topological polar surface area (TPSA) is 55.7 Å². The van der Waals surface area contributed by atoms with Crippen molar-refractivity contribution in [2.24, 2.45) is 0 Å². The lowest BCUT2D eigenvalue weighted by Crippen LogP contribution is -2.51. The molecule has 2 heterocycles. The summed E-state index contributed by atoms with van der Waals surface area (Å²) in [5.74, 6) is 1.72. The summed E-state index contributed by atoms with van der Waals surface area (Å²) in [6.07, 6.45) is 2.39. The predicted molar refractivity (Wildman–Crippen MR) is 99.0 cm³/mol. The molecule has 6 heteroatoms. The van der Waals surface area contributed by atoms with Crippen molar-refractivity contribution >= 4 is 11.8 Å². The smallest absolute Gasteiger partial charge is 0.226 e. The lowest BCUT2D eigenvalue weighted by atomic mass is 10.1. The Bertz CT molecular complexity index is 742. The largest absolute Gasteiger partial charge is 0.387 e. The summed E-state index contributed by atoms with van der Waals surface area (Å²) in [6.45, 7) is 3.72. The lowest BCUT2D eigenvalue weighted by molar-refractivity contribution is 0.0571. The van der Waals surface area contributed by atoms with E-state index in [9.17, 15) is 5.11 Å². The van der Waals surface area contributed by atoms with Gasteiger partial charge in [-0.25, -0.2) is 4.98 Å². The third-order valence-corrected chi connectivity index (χ3v) is 5.30. The van der Waals surface area contributed by atoms with Gasteiger partial charge >= 0.3 is 0 Å². The minimum Gasteiger partial charge on any atom is -0.387 e. The van der Waals surface area contributed by atoms with E-state index in [2.05, 4.69) is 38.0 Å². The van der Waals surface area contributed by atoms with E-state index in [-0.39, 0.29) is 12.1 Å². The minimum atomic E-state index is -0.373. The van der Waals surface area contributed by atoms with E-state index in [1.165, 1.54) is 5.56 Å². The van der Waals surface area contributed by atoms with Crippen molar-refractivity contribution in [1.82, 2.24) is 14.9 Å². The molecule has 0 unspecified atom stereocenters. The molecule has 2 aromatic rings. The zero-order valence-corrected chi connectivity index (χ0v) is 14.8. The van der Waals surface area contributed by atoms with Crippen molar-refractivity contribution in [1.29, 1.82) is 0 Å². The first-order valence-electron chi connectivity index (χ1n) is 8.89. The van der Waals surface area contributed by atoms with Gasteiger partial charge in [-0.1, -0.05) is 24.3 Å². The van der Waals surface area contributed by atoms with Crippen LogP contribution in [0.25, 0.3) is 0 Å². The van der Waals surface area contributed by atoms with Crippen LogP contribution < -0.4 is 9.80 Å². The molecule has 1 aliphatic heterocycles. The van der Waals surface area contributed by atoms with E-state index in [1.807, 2.05) is 37.3 Å². The van der Waals surface area contributed by atoms with Crippen LogP contribution in [0.4, 0.5) is 11.8 Å². The Hall–Kier alpha value is -2.18. The summed E-state index contributed by atoms with van der Waals surface area (Å²) in [6, 6.07) is 10.4. The number of aliphatic hydroxyl groups is 1. The Labute approximate surface area is 148 Å². The van der Waals surface area contributed by atoms with E-state index in [1.54, 1.807) is 0 Å². The van der Waals surface area contributed by atoms with Gasteiger partial charge in [0.2, 0.25) is 5.95 Å². The SMILES string of the molecule is CN(C)c1nccc(N2CCN([C@@H]3Cc4ccccc4[C@@H]3O)CC2)n1. The van der Waals surface area contributed by atoms with Gasteiger partial charge in [-0.15, -0.1) is 0 Å². The number of rotatable bonds is 3. The number of aliphatic hydroxyl groups excluding tert-OH is 1. The number of anilines is 2. The highest BCUT2D eigenvalue weighted by molar-refractivity contribution is 5.43. The molecule has 1 N–H and O–H groups in total. The second kappa shape index (κ2) is 6.61. The maximum Gasteiger partial charge on any atom is 0.226 e. The van der Waals surface area contributed by atoms with Crippen LogP contribution >= 0.6 is 0 Å². The van der Waals surface area contributed by atoms with Crippen molar-refractivity contribution in [2.75, 3.05) is 50.1 Å². The number of piperazine rings is 1. The Morgan fingerprint density at radius 3 is 2.56 bits per heavy atom. The molecule has 0 radical (unpaired) electrons. The molecular formula is C19H25N5O. The minimum absolute atomic E-state index is 0.197. The molecule has 2 aliphatic rings. The molecule has 4 rings (SSSR count). The van der Waals surface area contributed by atoms with E-state index in [0.29, 0.717) is 0 Å². The number of fused-ring (bicyclic) bond motifs is 1. The van der Waals surface area contributed by atoms with Crippen molar-refractivity contribution in [2.45, 2.75) is 18.6 Å². The second-order valence-electron chi connectivity index (χ2n) is 7.05. The molecule has 0 saturated carbocycles. The van der Waals surface area contributed by atoms with Crippen LogP contribution in [-0.4, -0.2) is 66.3 Å². The molecule has 132 valence electrons. The molecule has 0 amide bonds. The van der Waals surface area contributed by atoms with E-state index < -0.39 is 0 Å². The van der Waals surface area contributed by atoms with Crippen molar-refractivity contribution < 1.29 is 5.11 Å². The fourth-order valence-corrected chi connectivity index (χ4v) is 3.90. The Balaban J connectivity index is 1.42. The summed E-state index contributed by atoms with van der Waals surface area (Å²) >= 11 is 0. The molecule has 1 aliphatic carbocycles. The van der Waals surface area contributed by atoms with Gasteiger partial charge < -0.3 is 14.9 Å². The zero-order chi connectivity index (χ0) is 17.4. The number of aromatic nitrogens is 2. The first kappa shape index (κ1) is 16.3. The fourth-order valence-electron chi connectivity index (χ4n) is 3.90. The van der Waals surface area contributed by atoms with Crippen molar-refractivity contribution in [3.8, 4) is 0 Å². The molecule has 0 spiro atoms. The van der Waals surface area contributed by atoms with Crippen molar-refractivity contribution in [3.63, 3.8) is 0 Å².